The normalized spacial score (nSPS) is 11.5. The van der Waals surface area contributed by atoms with Crippen LogP contribution in [0.1, 0.15) is 16.7 Å². The van der Waals surface area contributed by atoms with Crippen LogP contribution in [0.25, 0.3) is 0 Å². The molecule has 0 aliphatic carbocycles. The van der Waals surface area contributed by atoms with E-state index >= 15 is 0 Å². The van der Waals surface area contributed by atoms with Crippen molar-refractivity contribution in [2.75, 3.05) is 19.6 Å². The molecule has 0 atom stereocenters. The van der Waals surface area contributed by atoms with E-state index in [9.17, 15) is 8.78 Å². The Balaban J connectivity index is 2.67. The minimum absolute atomic E-state index is 0.218. The third kappa shape index (κ3) is 4.79. The molecule has 1 aromatic carbocycles. The second kappa shape index (κ2) is 6.67. The molecule has 96 valence electrons. The Bertz CT molecular complexity index is 353. The molecule has 0 radical (unpaired) electrons. The monoisotopic (exact) mass is 242 g/mol. The average molecular weight is 242 g/mol. The Morgan fingerprint density at radius 1 is 1.24 bits per heavy atom. The van der Waals surface area contributed by atoms with Crippen molar-refractivity contribution in [3.05, 3.63) is 34.9 Å². The maximum atomic E-state index is 12.4. The zero-order valence-corrected chi connectivity index (χ0v) is 10.4. The molecule has 0 aliphatic heterocycles. The van der Waals surface area contributed by atoms with E-state index in [4.69, 9.17) is 5.73 Å². The van der Waals surface area contributed by atoms with E-state index in [1.54, 1.807) is 4.90 Å². The number of nitrogens with zero attached hydrogens (tertiary/aromatic N) is 1. The van der Waals surface area contributed by atoms with Crippen LogP contribution >= 0.6 is 0 Å². The van der Waals surface area contributed by atoms with Crippen LogP contribution in [-0.4, -0.2) is 31.0 Å². The van der Waals surface area contributed by atoms with E-state index in [-0.39, 0.29) is 6.54 Å². The Morgan fingerprint density at radius 2 is 1.94 bits per heavy atom. The summed E-state index contributed by atoms with van der Waals surface area (Å²) in [4.78, 5) is 1.69. The zero-order chi connectivity index (χ0) is 12.8. The number of hydrogen-bond acceptors (Lipinski definition) is 2. The maximum Gasteiger partial charge on any atom is 0.251 e. The summed E-state index contributed by atoms with van der Waals surface area (Å²) in [5.41, 5.74) is 8.89. The molecular formula is C13H20F2N2. The lowest BCUT2D eigenvalue weighted by molar-refractivity contribution is 0.0862. The predicted octanol–water partition coefficient (Wildman–Crippen LogP) is 2.33. The molecule has 0 unspecified atom stereocenters. The van der Waals surface area contributed by atoms with Gasteiger partial charge in [-0.15, -0.1) is 0 Å². The van der Waals surface area contributed by atoms with Gasteiger partial charge in [-0.2, -0.15) is 0 Å². The molecule has 4 heteroatoms. The predicted molar refractivity (Wildman–Crippen MR) is 66.3 cm³/mol. The van der Waals surface area contributed by atoms with Crippen molar-refractivity contribution in [1.82, 2.24) is 4.90 Å². The number of halogens is 2. The minimum atomic E-state index is -2.31. The molecule has 0 saturated carbocycles. The molecule has 2 N–H and O–H groups in total. The van der Waals surface area contributed by atoms with Crippen LogP contribution < -0.4 is 5.73 Å². The standard InChI is InChI=1S/C13H20F2N2/c1-10-3-4-12(7-11(10)2)8-17(6-5-16)9-13(14)15/h3-4,7,13H,5-6,8-9,16H2,1-2H3. The first kappa shape index (κ1) is 14.1. The second-order valence-electron chi connectivity index (χ2n) is 4.33. The van der Waals surface area contributed by atoms with Crippen LogP contribution in [0.5, 0.6) is 0 Å². The van der Waals surface area contributed by atoms with E-state index in [2.05, 4.69) is 0 Å². The molecule has 2 nitrogen and oxygen atoms in total. The number of hydrogen-bond donors (Lipinski definition) is 1. The van der Waals surface area contributed by atoms with Crippen LogP contribution in [0.3, 0.4) is 0 Å². The van der Waals surface area contributed by atoms with Crippen LogP contribution in [0.2, 0.25) is 0 Å². The maximum absolute atomic E-state index is 12.4. The quantitative estimate of drug-likeness (QED) is 0.829. The Kier molecular flexibility index (Phi) is 5.51. The highest BCUT2D eigenvalue weighted by Gasteiger charge is 2.11. The second-order valence-corrected chi connectivity index (χ2v) is 4.33. The SMILES string of the molecule is Cc1ccc(CN(CCN)CC(F)F)cc1C. The van der Waals surface area contributed by atoms with E-state index < -0.39 is 6.43 Å². The van der Waals surface area contributed by atoms with Crippen LogP contribution in [0, 0.1) is 13.8 Å². The summed E-state index contributed by atoms with van der Waals surface area (Å²) in [5, 5.41) is 0. The van der Waals surface area contributed by atoms with Gasteiger partial charge in [0.1, 0.15) is 0 Å². The Labute approximate surface area is 101 Å². The van der Waals surface area contributed by atoms with Crippen LogP contribution in [0.15, 0.2) is 18.2 Å². The van der Waals surface area contributed by atoms with Gasteiger partial charge in [-0.05, 0) is 30.5 Å². The molecule has 1 aromatic rings. The number of rotatable bonds is 6. The van der Waals surface area contributed by atoms with Gasteiger partial charge in [0.05, 0.1) is 6.54 Å². The fraction of sp³-hybridized carbons (Fsp3) is 0.538. The number of aryl methyl sites for hydroxylation is 2. The highest BCUT2D eigenvalue weighted by molar-refractivity contribution is 5.29. The van der Waals surface area contributed by atoms with Crippen molar-refractivity contribution in [3.8, 4) is 0 Å². The van der Waals surface area contributed by atoms with Crippen molar-refractivity contribution in [2.45, 2.75) is 26.8 Å². The number of alkyl halides is 2. The van der Waals surface area contributed by atoms with Gasteiger partial charge >= 0.3 is 0 Å². The zero-order valence-electron chi connectivity index (χ0n) is 10.4. The summed E-state index contributed by atoms with van der Waals surface area (Å²) in [5.74, 6) is 0. The average Bonchev–Trinajstić information content (AvgIpc) is 2.23. The first-order chi connectivity index (χ1) is 8.02. The molecule has 0 spiro atoms. The van der Waals surface area contributed by atoms with Gasteiger partial charge in [0.25, 0.3) is 6.43 Å². The Hall–Kier alpha value is -1.00. The van der Waals surface area contributed by atoms with Gasteiger partial charge in [-0.25, -0.2) is 8.78 Å². The lowest BCUT2D eigenvalue weighted by Crippen LogP contribution is -2.33. The summed E-state index contributed by atoms with van der Waals surface area (Å²) in [6, 6.07) is 6.05. The van der Waals surface area contributed by atoms with E-state index in [0.717, 1.165) is 5.56 Å². The topological polar surface area (TPSA) is 29.3 Å². The van der Waals surface area contributed by atoms with Gasteiger partial charge in [0.2, 0.25) is 0 Å². The summed E-state index contributed by atoms with van der Waals surface area (Å²) in [6.07, 6.45) is -2.31. The van der Waals surface area contributed by atoms with Crippen LogP contribution in [-0.2, 0) is 6.54 Å². The van der Waals surface area contributed by atoms with Crippen molar-refractivity contribution in [2.24, 2.45) is 5.73 Å². The highest BCUT2D eigenvalue weighted by Crippen LogP contribution is 2.12. The summed E-state index contributed by atoms with van der Waals surface area (Å²) in [7, 11) is 0. The highest BCUT2D eigenvalue weighted by atomic mass is 19.3. The fourth-order valence-corrected chi connectivity index (χ4v) is 1.77. The van der Waals surface area contributed by atoms with E-state index in [0.29, 0.717) is 19.6 Å². The molecule has 1 rings (SSSR count). The van der Waals surface area contributed by atoms with Crippen LogP contribution in [0.4, 0.5) is 8.78 Å². The van der Waals surface area contributed by atoms with Crippen molar-refractivity contribution < 1.29 is 8.78 Å². The van der Waals surface area contributed by atoms with E-state index in [1.807, 2.05) is 32.0 Å². The first-order valence-corrected chi connectivity index (χ1v) is 5.79. The van der Waals surface area contributed by atoms with Gasteiger partial charge in [-0.1, -0.05) is 18.2 Å². The van der Waals surface area contributed by atoms with Gasteiger partial charge in [0, 0.05) is 19.6 Å². The molecule has 0 heterocycles. The lowest BCUT2D eigenvalue weighted by atomic mass is 10.1. The van der Waals surface area contributed by atoms with Crippen molar-refractivity contribution in [1.29, 1.82) is 0 Å². The van der Waals surface area contributed by atoms with Crippen molar-refractivity contribution >= 4 is 0 Å². The lowest BCUT2D eigenvalue weighted by Gasteiger charge is -2.21. The molecule has 0 aliphatic rings. The molecule has 0 bridgehead atoms. The summed E-state index contributed by atoms with van der Waals surface area (Å²) < 4.78 is 24.7. The molecular weight excluding hydrogens is 222 g/mol. The number of benzene rings is 1. The molecule has 0 saturated heterocycles. The van der Waals surface area contributed by atoms with Gasteiger partial charge in [0.15, 0.2) is 0 Å². The fourth-order valence-electron chi connectivity index (χ4n) is 1.77. The molecule has 0 fully saturated rings. The summed E-state index contributed by atoms with van der Waals surface area (Å²) in [6.45, 7) is 5.27. The minimum Gasteiger partial charge on any atom is -0.329 e. The van der Waals surface area contributed by atoms with Crippen molar-refractivity contribution in [3.63, 3.8) is 0 Å². The first-order valence-electron chi connectivity index (χ1n) is 5.79. The molecule has 0 aromatic heterocycles. The largest absolute Gasteiger partial charge is 0.329 e. The van der Waals surface area contributed by atoms with E-state index in [1.165, 1.54) is 11.1 Å². The van der Waals surface area contributed by atoms with Gasteiger partial charge < -0.3 is 5.73 Å². The number of nitrogens with two attached hydrogens (primary N) is 1. The third-order valence-corrected chi connectivity index (χ3v) is 2.82. The third-order valence-electron chi connectivity index (χ3n) is 2.82. The Morgan fingerprint density at radius 3 is 2.47 bits per heavy atom. The molecule has 0 amide bonds. The summed E-state index contributed by atoms with van der Waals surface area (Å²) >= 11 is 0. The molecule has 17 heavy (non-hydrogen) atoms. The van der Waals surface area contributed by atoms with Gasteiger partial charge in [-0.3, -0.25) is 4.90 Å². The smallest absolute Gasteiger partial charge is 0.251 e.